The van der Waals surface area contributed by atoms with Crippen LogP contribution in [0.5, 0.6) is 0 Å². The number of amides is 4. The molecule has 0 unspecified atom stereocenters. The van der Waals surface area contributed by atoms with E-state index >= 15 is 0 Å². The molecule has 27 heavy (non-hydrogen) atoms. The number of carbonyl (C=O) groups excluding carboxylic acids is 3. The summed E-state index contributed by atoms with van der Waals surface area (Å²) in [5.74, 6) is -0.675. The van der Waals surface area contributed by atoms with Gasteiger partial charge in [-0.15, -0.1) is 0 Å². The number of hydrogen-bond donors (Lipinski definition) is 1. The second kappa shape index (κ2) is 6.08. The van der Waals surface area contributed by atoms with Crippen molar-refractivity contribution < 1.29 is 14.4 Å². The van der Waals surface area contributed by atoms with E-state index in [1.54, 1.807) is 0 Å². The van der Waals surface area contributed by atoms with E-state index in [4.69, 9.17) is 0 Å². The number of benzene rings is 1. The summed E-state index contributed by atoms with van der Waals surface area (Å²) in [6.45, 7) is 0.849. The fraction of sp³-hybridized carbons (Fsp3) is 0.571. The van der Waals surface area contributed by atoms with Crippen LogP contribution < -0.4 is 10.2 Å². The average Bonchev–Trinajstić information content (AvgIpc) is 3.18. The lowest BCUT2D eigenvalue weighted by Gasteiger charge is -2.51. The van der Waals surface area contributed by atoms with E-state index in [9.17, 15) is 14.4 Å². The van der Waals surface area contributed by atoms with Gasteiger partial charge >= 0.3 is 6.03 Å². The summed E-state index contributed by atoms with van der Waals surface area (Å²) in [4.78, 5) is 43.2. The van der Waals surface area contributed by atoms with Gasteiger partial charge < -0.3 is 4.90 Å². The van der Waals surface area contributed by atoms with Crippen LogP contribution in [0.4, 0.5) is 10.5 Å². The Morgan fingerprint density at radius 3 is 2.56 bits per heavy atom. The molecule has 6 heteroatoms. The maximum Gasteiger partial charge on any atom is 0.331 e. The monoisotopic (exact) mass is 367 g/mol. The third-order valence-electron chi connectivity index (χ3n) is 6.98. The lowest BCUT2D eigenvalue weighted by Crippen LogP contribution is -2.72. The summed E-state index contributed by atoms with van der Waals surface area (Å²) < 4.78 is 0. The zero-order valence-corrected chi connectivity index (χ0v) is 15.4. The summed E-state index contributed by atoms with van der Waals surface area (Å²) in [5, 5.41) is 2.56. The number of hydrogen-bond acceptors (Lipinski definition) is 4. The second-order valence-electron chi connectivity index (χ2n) is 8.35. The maximum absolute atomic E-state index is 13.8. The lowest BCUT2D eigenvalue weighted by atomic mass is 9.68. The van der Waals surface area contributed by atoms with Gasteiger partial charge in [-0.3, -0.25) is 19.8 Å². The van der Waals surface area contributed by atoms with Gasteiger partial charge in [0.1, 0.15) is 0 Å². The number of fused-ring (bicyclic) bond motifs is 4. The number of imide groups is 2. The highest BCUT2D eigenvalue weighted by Gasteiger charge is 2.63. The number of nitrogens with zero attached hydrogens (tertiary/aromatic N) is 2. The predicted octanol–water partition coefficient (Wildman–Crippen LogP) is 2.61. The minimum atomic E-state index is -1.18. The van der Waals surface area contributed by atoms with Gasteiger partial charge in [-0.1, -0.05) is 37.5 Å². The Labute approximate surface area is 158 Å². The Kier molecular flexibility index (Phi) is 3.78. The van der Waals surface area contributed by atoms with Crippen molar-refractivity contribution in [2.24, 2.45) is 5.41 Å². The van der Waals surface area contributed by atoms with Gasteiger partial charge in [-0.25, -0.2) is 4.79 Å². The van der Waals surface area contributed by atoms with Crippen LogP contribution in [-0.2, 0) is 16.0 Å². The molecule has 2 atom stereocenters. The number of carbonyl (C=O) groups is 3. The first kappa shape index (κ1) is 16.8. The molecule has 4 amide bonds. The minimum Gasteiger partial charge on any atom is -0.367 e. The van der Waals surface area contributed by atoms with Crippen LogP contribution in [0.2, 0.25) is 0 Å². The molecule has 1 N–H and O–H groups in total. The Morgan fingerprint density at radius 2 is 1.74 bits per heavy atom. The van der Waals surface area contributed by atoms with Gasteiger partial charge in [-0.05, 0) is 43.7 Å². The van der Waals surface area contributed by atoms with E-state index in [1.807, 2.05) is 18.2 Å². The predicted molar refractivity (Wildman–Crippen MR) is 100 cm³/mol. The summed E-state index contributed by atoms with van der Waals surface area (Å²) >= 11 is 0. The molecule has 6 nitrogen and oxygen atoms in total. The number of para-hydroxylation sites is 1. The Hall–Kier alpha value is -2.37. The highest BCUT2D eigenvalue weighted by molar-refractivity contribution is 6.20. The second-order valence-corrected chi connectivity index (χ2v) is 8.35. The van der Waals surface area contributed by atoms with Crippen LogP contribution in [0.1, 0.15) is 50.5 Å². The van der Waals surface area contributed by atoms with E-state index in [2.05, 4.69) is 16.3 Å². The van der Waals surface area contributed by atoms with Crippen LogP contribution in [0.3, 0.4) is 0 Å². The molecule has 3 fully saturated rings. The van der Waals surface area contributed by atoms with Crippen molar-refractivity contribution in [2.75, 3.05) is 11.4 Å². The smallest absolute Gasteiger partial charge is 0.331 e. The molecule has 1 spiro atoms. The molecule has 4 aliphatic rings. The molecule has 2 saturated heterocycles. The topological polar surface area (TPSA) is 69.7 Å². The van der Waals surface area contributed by atoms with Gasteiger partial charge in [0, 0.05) is 18.3 Å². The van der Waals surface area contributed by atoms with E-state index in [-0.39, 0.29) is 18.0 Å². The van der Waals surface area contributed by atoms with E-state index in [0.29, 0.717) is 6.42 Å². The summed E-state index contributed by atoms with van der Waals surface area (Å²) in [5.41, 5.74) is 0.973. The Morgan fingerprint density at radius 1 is 0.963 bits per heavy atom. The molecule has 0 bridgehead atoms. The Bertz CT molecular complexity index is 817. The molecule has 0 aromatic heterocycles. The van der Waals surface area contributed by atoms with Gasteiger partial charge in [0.15, 0.2) is 5.41 Å². The average molecular weight is 367 g/mol. The molecule has 1 saturated carbocycles. The summed E-state index contributed by atoms with van der Waals surface area (Å²) in [6.07, 6.45) is 7.03. The van der Waals surface area contributed by atoms with Crippen molar-refractivity contribution in [3.05, 3.63) is 29.8 Å². The molecule has 3 heterocycles. The molecule has 3 aliphatic heterocycles. The maximum atomic E-state index is 13.8. The van der Waals surface area contributed by atoms with Crippen molar-refractivity contribution in [1.29, 1.82) is 0 Å². The van der Waals surface area contributed by atoms with Gasteiger partial charge in [-0.2, -0.15) is 0 Å². The van der Waals surface area contributed by atoms with Gasteiger partial charge in [0.05, 0.1) is 6.04 Å². The van der Waals surface area contributed by atoms with Gasteiger partial charge in [0.25, 0.3) is 0 Å². The molecular formula is C21H25N3O3. The first-order chi connectivity index (χ1) is 13.1. The number of urea groups is 1. The van der Waals surface area contributed by atoms with Crippen LogP contribution in [0.15, 0.2) is 24.3 Å². The van der Waals surface area contributed by atoms with E-state index in [0.717, 1.165) is 62.7 Å². The molecule has 1 aromatic rings. The standard InChI is InChI=1S/C21H25N3O3/c25-18-21(19(26)24(20(27)22-18)15-8-2-1-3-9-15)13-14-7-4-5-10-16(14)23-12-6-11-17(21)23/h4-5,7,10,15,17H,1-3,6,8-9,11-13H2,(H,22,25,27)/t17-,21+/m1/s1. The van der Waals surface area contributed by atoms with Crippen molar-refractivity contribution >= 4 is 23.5 Å². The number of nitrogens with one attached hydrogen (secondary N) is 1. The third kappa shape index (κ3) is 2.28. The van der Waals surface area contributed by atoms with E-state index in [1.165, 1.54) is 4.90 Å². The molecule has 1 aromatic carbocycles. The first-order valence-electron chi connectivity index (χ1n) is 10.2. The third-order valence-corrected chi connectivity index (χ3v) is 6.98. The molecule has 0 radical (unpaired) electrons. The van der Waals surface area contributed by atoms with Crippen molar-refractivity contribution in [3.8, 4) is 0 Å². The molecular weight excluding hydrogens is 342 g/mol. The fourth-order valence-electron chi connectivity index (χ4n) is 5.72. The number of rotatable bonds is 1. The summed E-state index contributed by atoms with van der Waals surface area (Å²) in [7, 11) is 0. The zero-order valence-electron chi connectivity index (χ0n) is 15.4. The number of anilines is 1. The molecule has 5 rings (SSSR count). The zero-order chi connectivity index (χ0) is 18.6. The quantitative estimate of drug-likeness (QED) is 0.775. The van der Waals surface area contributed by atoms with Crippen molar-refractivity contribution in [3.63, 3.8) is 0 Å². The van der Waals surface area contributed by atoms with Gasteiger partial charge in [0.2, 0.25) is 11.8 Å². The number of barbiturate groups is 1. The Balaban J connectivity index is 1.60. The normalized spacial score (nSPS) is 31.1. The molecule has 142 valence electrons. The highest BCUT2D eigenvalue weighted by atomic mass is 16.2. The van der Waals surface area contributed by atoms with Crippen molar-refractivity contribution in [1.82, 2.24) is 10.2 Å². The minimum absolute atomic E-state index is 0.0803. The molecule has 1 aliphatic carbocycles. The van der Waals surface area contributed by atoms with Crippen LogP contribution in [0.25, 0.3) is 0 Å². The van der Waals surface area contributed by atoms with Crippen LogP contribution in [-0.4, -0.2) is 41.4 Å². The lowest BCUT2D eigenvalue weighted by molar-refractivity contribution is -0.155. The fourth-order valence-corrected chi connectivity index (χ4v) is 5.72. The van der Waals surface area contributed by atoms with Crippen molar-refractivity contribution in [2.45, 2.75) is 63.5 Å². The van der Waals surface area contributed by atoms with Crippen LogP contribution in [0, 0.1) is 5.41 Å². The summed E-state index contributed by atoms with van der Waals surface area (Å²) in [6, 6.07) is 7.28. The van der Waals surface area contributed by atoms with E-state index < -0.39 is 17.4 Å². The largest absolute Gasteiger partial charge is 0.367 e. The highest BCUT2D eigenvalue weighted by Crippen LogP contribution is 2.48. The SMILES string of the molecule is O=C1NC(=O)[C@@]2(Cc3ccccc3N3CCC[C@@H]32)C(=O)N1C1CCCCC1. The first-order valence-corrected chi connectivity index (χ1v) is 10.2. The van der Waals surface area contributed by atoms with Crippen LogP contribution >= 0.6 is 0 Å².